The van der Waals surface area contributed by atoms with Crippen molar-refractivity contribution in [3.8, 4) is 29.0 Å². The van der Waals surface area contributed by atoms with Gasteiger partial charge in [-0.1, -0.05) is 30.3 Å². The maximum atomic E-state index is 12.6. The number of nitriles is 1. The van der Waals surface area contributed by atoms with E-state index < -0.39 is 5.97 Å². The van der Waals surface area contributed by atoms with Crippen LogP contribution in [0.3, 0.4) is 0 Å². The summed E-state index contributed by atoms with van der Waals surface area (Å²) in [4.78, 5) is 12.6. The van der Waals surface area contributed by atoms with Gasteiger partial charge in [0.1, 0.15) is 17.4 Å². The number of rotatable bonds is 7. The first kappa shape index (κ1) is 22.6. The van der Waals surface area contributed by atoms with Crippen LogP contribution in [-0.2, 0) is 16.1 Å². The van der Waals surface area contributed by atoms with Crippen molar-refractivity contribution in [3.63, 3.8) is 0 Å². The molecule has 34 heavy (non-hydrogen) atoms. The predicted octanol–water partition coefficient (Wildman–Crippen LogP) is 4.80. The van der Waals surface area contributed by atoms with Crippen LogP contribution in [0, 0.1) is 25.2 Å². The van der Waals surface area contributed by atoms with Crippen LogP contribution in [0.15, 0.2) is 70.7 Å². The molecule has 4 aromatic rings. The summed E-state index contributed by atoms with van der Waals surface area (Å²) >= 11 is 0. The number of methoxy groups -OCH3 is 1. The van der Waals surface area contributed by atoms with E-state index in [9.17, 15) is 10.1 Å². The van der Waals surface area contributed by atoms with E-state index >= 15 is 0 Å². The molecule has 0 radical (unpaired) electrons. The summed E-state index contributed by atoms with van der Waals surface area (Å²) in [7, 11) is 1.61. The summed E-state index contributed by atoms with van der Waals surface area (Å²) in [6.45, 7) is 3.62. The van der Waals surface area contributed by atoms with E-state index in [0.717, 1.165) is 28.2 Å². The van der Waals surface area contributed by atoms with Gasteiger partial charge in [0.2, 0.25) is 5.89 Å². The smallest absolute Gasteiger partial charge is 0.349 e. The second-order valence-corrected chi connectivity index (χ2v) is 7.45. The summed E-state index contributed by atoms with van der Waals surface area (Å²) in [6, 6.07) is 20.7. The third kappa shape index (κ3) is 4.59. The average molecular weight is 454 g/mol. The molecule has 8 heteroatoms. The molecule has 0 amide bonds. The second kappa shape index (κ2) is 9.88. The second-order valence-electron chi connectivity index (χ2n) is 7.45. The van der Waals surface area contributed by atoms with Gasteiger partial charge < -0.3 is 18.5 Å². The molecule has 8 nitrogen and oxygen atoms in total. The van der Waals surface area contributed by atoms with Crippen molar-refractivity contribution in [1.82, 2.24) is 14.8 Å². The molecule has 170 valence electrons. The van der Waals surface area contributed by atoms with Crippen LogP contribution >= 0.6 is 0 Å². The number of esters is 1. The third-order valence-electron chi connectivity index (χ3n) is 5.25. The van der Waals surface area contributed by atoms with Gasteiger partial charge in [-0.15, -0.1) is 10.2 Å². The average Bonchev–Trinajstić information content (AvgIpc) is 3.45. The standard InChI is InChI=1S/C26H22N4O4/c1-17-13-20(18(2)30(17)22-11-7-8-12-23(22)32-3)14-21(15-27)26(31)33-16-24-28-29-25(34-24)19-9-5-4-6-10-19/h4-14H,16H2,1-3H3/b21-14+. The topological polar surface area (TPSA) is 103 Å². The van der Waals surface area contributed by atoms with Gasteiger partial charge in [0.15, 0.2) is 6.61 Å². The van der Waals surface area contributed by atoms with Crippen molar-refractivity contribution in [2.24, 2.45) is 0 Å². The molecule has 0 spiro atoms. The zero-order valence-corrected chi connectivity index (χ0v) is 19.0. The van der Waals surface area contributed by atoms with E-state index in [1.54, 1.807) is 7.11 Å². The number of para-hydroxylation sites is 2. The minimum atomic E-state index is -0.774. The number of ether oxygens (including phenoxy) is 2. The number of hydrogen-bond donors (Lipinski definition) is 0. The summed E-state index contributed by atoms with van der Waals surface area (Å²) < 4.78 is 18.3. The van der Waals surface area contributed by atoms with Crippen LogP contribution in [0.4, 0.5) is 0 Å². The highest BCUT2D eigenvalue weighted by atomic mass is 16.5. The maximum absolute atomic E-state index is 12.6. The van der Waals surface area contributed by atoms with Crippen LogP contribution in [-0.4, -0.2) is 27.8 Å². The Kier molecular flexibility index (Phi) is 6.55. The molecule has 0 aliphatic rings. The lowest BCUT2D eigenvalue weighted by molar-refractivity contribution is -0.140. The number of nitrogens with zero attached hydrogens (tertiary/aromatic N) is 4. The van der Waals surface area contributed by atoms with Gasteiger partial charge in [0.05, 0.1) is 12.8 Å². The molecule has 0 saturated heterocycles. The Morgan fingerprint density at radius 1 is 1.12 bits per heavy atom. The van der Waals surface area contributed by atoms with Gasteiger partial charge in [-0.05, 0) is 55.8 Å². The van der Waals surface area contributed by atoms with Crippen LogP contribution < -0.4 is 4.74 Å². The number of benzene rings is 2. The number of carbonyl (C=O) groups excluding carboxylic acids is 1. The molecule has 2 heterocycles. The number of aromatic nitrogens is 3. The first-order valence-electron chi connectivity index (χ1n) is 10.5. The molecular formula is C26H22N4O4. The molecule has 2 aromatic carbocycles. The van der Waals surface area contributed by atoms with Gasteiger partial charge in [-0.25, -0.2) is 4.79 Å². The number of carbonyl (C=O) groups is 1. The Bertz CT molecular complexity index is 1390. The molecule has 0 saturated carbocycles. The lowest BCUT2D eigenvalue weighted by Crippen LogP contribution is -2.07. The fourth-order valence-corrected chi connectivity index (χ4v) is 3.63. The van der Waals surface area contributed by atoms with E-state index in [1.807, 2.05) is 85.1 Å². The molecule has 0 fully saturated rings. The lowest BCUT2D eigenvalue weighted by Gasteiger charge is -2.13. The van der Waals surface area contributed by atoms with Crippen molar-refractivity contribution in [1.29, 1.82) is 5.26 Å². The molecule has 0 N–H and O–H groups in total. The normalized spacial score (nSPS) is 11.2. The molecule has 0 aliphatic heterocycles. The Morgan fingerprint density at radius 3 is 2.59 bits per heavy atom. The molecule has 0 atom stereocenters. The van der Waals surface area contributed by atoms with E-state index in [-0.39, 0.29) is 18.1 Å². The van der Waals surface area contributed by atoms with Gasteiger partial charge in [-0.3, -0.25) is 0 Å². The first-order valence-corrected chi connectivity index (χ1v) is 10.5. The summed E-state index contributed by atoms with van der Waals surface area (Å²) in [5.74, 6) is 0.406. The van der Waals surface area contributed by atoms with Crippen molar-refractivity contribution in [2.75, 3.05) is 7.11 Å². The van der Waals surface area contributed by atoms with Crippen molar-refractivity contribution in [3.05, 3.63) is 89.1 Å². The summed E-state index contributed by atoms with van der Waals surface area (Å²) in [6.07, 6.45) is 1.51. The minimum absolute atomic E-state index is 0.136. The zero-order valence-electron chi connectivity index (χ0n) is 19.0. The monoisotopic (exact) mass is 454 g/mol. The summed E-state index contributed by atoms with van der Waals surface area (Å²) in [5, 5.41) is 17.4. The molecule has 0 unspecified atom stereocenters. The Labute approximate surface area is 196 Å². The largest absolute Gasteiger partial charge is 0.495 e. The summed E-state index contributed by atoms with van der Waals surface area (Å²) in [5.41, 5.74) is 4.00. The quantitative estimate of drug-likeness (QED) is 0.224. The van der Waals surface area contributed by atoms with Gasteiger partial charge in [0, 0.05) is 17.0 Å². The van der Waals surface area contributed by atoms with E-state index in [0.29, 0.717) is 11.6 Å². The van der Waals surface area contributed by atoms with Crippen molar-refractivity contribution < 1.29 is 18.7 Å². The van der Waals surface area contributed by atoms with Crippen LogP contribution in [0.2, 0.25) is 0 Å². The van der Waals surface area contributed by atoms with Crippen molar-refractivity contribution >= 4 is 12.0 Å². The van der Waals surface area contributed by atoms with Gasteiger partial charge in [0.25, 0.3) is 5.89 Å². The Balaban J connectivity index is 1.52. The fraction of sp³-hybridized carbons (Fsp3) is 0.154. The molecule has 2 aromatic heterocycles. The first-order chi connectivity index (χ1) is 16.5. The Morgan fingerprint density at radius 2 is 1.85 bits per heavy atom. The molecule has 0 bridgehead atoms. The van der Waals surface area contributed by atoms with Gasteiger partial charge >= 0.3 is 5.97 Å². The van der Waals surface area contributed by atoms with E-state index in [1.165, 1.54) is 6.08 Å². The van der Waals surface area contributed by atoms with Crippen LogP contribution in [0.5, 0.6) is 5.75 Å². The molecule has 4 rings (SSSR count). The highest BCUT2D eigenvalue weighted by Crippen LogP contribution is 2.29. The highest BCUT2D eigenvalue weighted by Gasteiger charge is 2.17. The predicted molar refractivity (Wildman–Crippen MR) is 125 cm³/mol. The molecular weight excluding hydrogens is 432 g/mol. The lowest BCUT2D eigenvalue weighted by atomic mass is 10.1. The fourth-order valence-electron chi connectivity index (χ4n) is 3.63. The third-order valence-corrected chi connectivity index (χ3v) is 5.25. The molecule has 0 aliphatic carbocycles. The highest BCUT2D eigenvalue weighted by molar-refractivity contribution is 5.98. The van der Waals surface area contributed by atoms with Crippen LogP contribution in [0.1, 0.15) is 22.8 Å². The van der Waals surface area contributed by atoms with Crippen LogP contribution in [0.25, 0.3) is 23.2 Å². The maximum Gasteiger partial charge on any atom is 0.349 e. The van der Waals surface area contributed by atoms with Gasteiger partial charge in [-0.2, -0.15) is 5.26 Å². The minimum Gasteiger partial charge on any atom is -0.495 e. The zero-order chi connectivity index (χ0) is 24.1. The van der Waals surface area contributed by atoms with Crippen molar-refractivity contribution in [2.45, 2.75) is 20.5 Å². The SMILES string of the molecule is COc1ccccc1-n1c(C)cc(/C=C(\C#N)C(=O)OCc2nnc(-c3ccccc3)o2)c1C. The van der Waals surface area contributed by atoms with E-state index in [2.05, 4.69) is 10.2 Å². The van der Waals surface area contributed by atoms with E-state index in [4.69, 9.17) is 13.9 Å². The number of aryl methyl sites for hydroxylation is 1. The number of hydrogen-bond acceptors (Lipinski definition) is 7. The Hall–Kier alpha value is -4.64.